The van der Waals surface area contributed by atoms with Crippen molar-refractivity contribution in [2.45, 2.75) is 102 Å². The molecule has 4 bridgehead atoms. The van der Waals surface area contributed by atoms with Crippen LogP contribution in [0.4, 0.5) is 5.69 Å². The monoisotopic (exact) mass is 583 g/mol. The highest BCUT2D eigenvalue weighted by atomic mass is 16.3. The maximum Gasteiger partial charge on any atom is 0.135 e. The highest BCUT2D eigenvalue weighted by Crippen LogP contribution is 2.66. The van der Waals surface area contributed by atoms with E-state index in [0.29, 0.717) is 17.3 Å². The second-order valence-corrected chi connectivity index (χ2v) is 15.8. The molecule has 0 saturated heterocycles. The van der Waals surface area contributed by atoms with Crippen LogP contribution < -0.4 is 4.90 Å². The predicted octanol–water partition coefficient (Wildman–Crippen LogP) is 11.5. The van der Waals surface area contributed by atoms with E-state index in [0.717, 1.165) is 47.9 Å². The summed E-state index contributed by atoms with van der Waals surface area (Å²) in [5.74, 6) is 5.75. The van der Waals surface area contributed by atoms with E-state index >= 15 is 0 Å². The molecule has 1 heterocycles. The Morgan fingerprint density at radius 2 is 1.61 bits per heavy atom. The molecule has 5 unspecified atom stereocenters. The molecule has 5 saturated carbocycles. The quantitative estimate of drug-likeness (QED) is 0.297. The summed E-state index contributed by atoms with van der Waals surface area (Å²) in [6.45, 7) is 4.95. The van der Waals surface area contributed by atoms with Gasteiger partial charge >= 0.3 is 0 Å². The highest BCUT2D eigenvalue weighted by molar-refractivity contribution is 5.86. The molecule has 3 aromatic rings. The Hall–Kier alpha value is -3.00. The third-order valence-corrected chi connectivity index (χ3v) is 13.2. The normalized spacial score (nSPS) is 34.6. The predicted molar refractivity (Wildman–Crippen MR) is 182 cm³/mol. The summed E-state index contributed by atoms with van der Waals surface area (Å²) in [5, 5.41) is 1.27. The molecule has 44 heavy (non-hydrogen) atoms. The van der Waals surface area contributed by atoms with Crippen LogP contribution in [0.15, 0.2) is 82.4 Å². The average molecular weight is 584 g/mol. The fourth-order valence-corrected chi connectivity index (χ4v) is 11.4. The first kappa shape index (κ1) is 27.3. The van der Waals surface area contributed by atoms with Gasteiger partial charge in [0.05, 0.1) is 6.04 Å². The number of fused-ring (bicyclic) bond motifs is 3. The van der Waals surface area contributed by atoms with Crippen LogP contribution in [0.25, 0.3) is 17.0 Å². The maximum absolute atomic E-state index is 6.54. The van der Waals surface area contributed by atoms with Crippen LogP contribution in [-0.2, 0) is 5.41 Å². The molecule has 10 rings (SSSR count). The van der Waals surface area contributed by atoms with Gasteiger partial charge in [-0.15, -0.1) is 0 Å². The van der Waals surface area contributed by atoms with Crippen LogP contribution in [-0.4, -0.2) is 0 Å². The molecular weight excluding hydrogens is 534 g/mol. The van der Waals surface area contributed by atoms with Crippen molar-refractivity contribution >= 4 is 22.7 Å². The molecule has 2 nitrogen and oxygen atoms in total. The second kappa shape index (κ2) is 10.5. The summed E-state index contributed by atoms with van der Waals surface area (Å²) in [5.41, 5.74) is 9.00. The molecule has 5 atom stereocenters. The third kappa shape index (κ3) is 4.26. The summed E-state index contributed by atoms with van der Waals surface area (Å²) in [6.07, 6.45) is 26.1. The smallest absolute Gasteiger partial charge is 0.135 e. The lowest BCUT2D eigenvalue weighted by Crippen LogP contribution is -2.34. The molecule has 0 amide bonds. The summed E-state index contributed by atoms with van der Waals surface area (Å²) in [7, 11) is 0. The lowest BCUT2D eigenvalue weighted by Gasteiger charge is -2.42. The lowest BCUT2D eigenvalue weighted by molar-refractivity contribution is 0.266. The first-order valence-corrected chi connectivity index (χ1v) is 18.1. The van der Waals surface area contributed by atoms with Gasteiger partial charge in [0.25, 0.3) is 0 Å². The number of rotatable bonds is 5. The zero-order valence-corrected chi connectivity index (χ0v) is 26.8. The maximum atomic E-state index is 6.54. The van der Waals surface area contributed by atoms with Gasteiger partial charge in [-0.05, 0) is 135 Å². The summed E-state index contributed by atoms with van der Waals surface area (Å²) in [4.78, 5) is 2.75. The van der Waals surface area contributed by atoms with Crippen LogP contribution in [0.3, 0.4) is 0 Å². The van der Waals surface area contributed by atoms with Crippen molar-refractivity contribution in [1.29, 1.82) is 0 Å². The van der Waals surface area contributed by atoms with Crippen molar-refractivity contribution in [2.24, 2.45) is 35.5 Å². The third-order valence-electron chi connectivity index (χ3n) is 13.2. The summed E-state index contributed by atoms with van der Waals surface area (Å²) >= 11 is 0. The molecule has 228 valence electrons. The number of para-hydroxylation sites is 1. The van der Waals surface area contributed by atoms with Crippen LogP contribution in [0.1, 0.15) is 114 Å². The van der Waals surface area contributed by atoms with Gasteiger partial charge in [-0.1, -0.05) is 81.2 Å². The van der Waals surface area contributed by atoms with Gasteiger partial charge in [0, 0.05) is 22.3 Å². The first-order chi connectivity index (χ1) is 21.6. The second-order valence-electron chi connectivity index (χ2n) is 15.8. The van der Waals surface area contributed by atoms with Crippen LogP contribution in [0, 0.1) is 35.5 Å². The van der Waals surface area contributed by atoms with E-state index in [9.17, 15) is 0 Å². The largest absolute Gasteiger partial charge is 0.456 e. The van der Waals surface area contributed by atoms with E-state index in [2.05, 4.69) is 91.6 Å². The molecule has 2 aromatic carbocycles. The topological polar surface area (TPSA) is 16.4 Å². The number of hydrogen-bond acceptors (Lipinski definition) is 2. The minimum absolute atomic E-state index is 0.217. The zero-order chi connectivity index (χ0) is 29.4. The molecule has 1 aromatic heterocycles. The fraction of sp³-hybridized carbons (Fsp3) is 0.524. The van der Waals surface area contributed by atoms with E-state index in [1.54, 1.807) is 11.1 Å². The zero-order valence-electron chi connectivity index (χ0n) is 26.8. The summed E-state index contributed by atoms with van der Waals surface area (Å²) in [6, 6.07) is 19.0. The standard InChI is InChI=1S/C42H49NO/c1-27-9-8-14-39-40(37-12-6-7-13-38(37)44-39)41(27)43(35-19-20-36(28(2)21-35)31-10-4-3-5-11-31)34-17-15-32(16-18-34)42-25-29-22-30(26-42)24-33(42)23-29/h6-8,12-20,27-31,33,41H,3-5,9-11,21-26H2,1-2H3. The van der Waals surface area contributed by atoms with E-state index in [1.807, 2.05) is 0 Å². The number of allylic oxidation sites excluding steroid dienone is 5. The number of hydrogen-bond donors (Lipinski definition) is 0. The lowest BCUT2D eigenvalue weighted by atomic mass is 9.71. The van der Waals surface area contributed by atoms with Gasteiger partial charge in [-0.2, -0.15) is 0 Å². The van der Waals surface area contributed by atoms with Crippen molar-refractivity contribution in [1.82, 2.24) is 0 Å². The van der Waals surface area contributed by atoms with Gasteiger partial charge < -0.3 is 9.32 Å². The van der Waals surface area contributed by atoms with Gasteiger partial charge in [0.1, 0.15) is 11.3 Å². The van der Waals surface area contributed by atoms with Crippen molar-refractivity contribution in [3.8, 4) is 0 Å². The summed E-state index contributed by atoms with van der Waals surface area (Å²) < 4.78 is 6.54. The number of benzene rings is 2. The Balaban J connectivity index is 1.16. The van der Waals surface area contributed by atoms with E-state index < -0.39 is 0 Å². The molecule has 2 heteroatoms. The minimum Gasteiger partial charge on any atom is -0.456 e. The highest BCUT2D eigenvalue weighted by Gasteiger charge is 2.58. The number of anilines is 1. The molecule has 7 aliphatic carbocycles. The van der Waals surface area contributed by atoms with Crippen LogP contribution in [0.5, 0.6) is 0 Å². The molecule has 0 N–H and O–H groups in total. The Morgan fingerprint density at radius 1 is 0.841 bits per heavy atom. The van der Waals surface area contributed by atoms with E-state index in [1.165, 1.54) is 86.5 Å². The van der Waals surface area contributed by atoms with E-state index in [-0.39, 0.29) is 6.04 Å². The number of furan rings is 1. The van der Waals surface area contributed by atoms with E-state index in [4.69, 9.17) is 4.42 Å². The molecule has 7 aliphatic rings. The Labute approximate surface area is 264 Å². The van der Waals surface area contributed by atoms with Gasteiger partial charge in [-0.3, -0.25) is 0 Å². The average Bonchev–Trinajstić information content (AvgIpc) is 3.58. The molecule has 0 radical (unpaired) electrons. The fourth-order valence-electron chi connectivity index (χ4n) is 11.4. The SMILES string of the molecule is CC1CC(N(c2ccc(C34CC5CC(CC3C5)C4)cc2)C2c3c(oc4ccccc34)C=CCC2C)=CC=C1C1CCCCC1. The molecule has 0 aliphatic heterocycles. The Bertz CT molecular complexity index is 1630. The molecule has 0 spiro atoms. The number of nitrogens with zero attached hydrogens (tertiary/aromatic N) is 1. The van der Waals surface area contributed by atoms with Gasteiger partial charge in [0.2, 0.25) is 0 Å². The Morgan fingerprint density at radius 3 is 2.39 bits per heavy atom. The minimum atomic E-state index is 0.217. The molecule has 5 fully saturated rings. The first-order valence-electron chi connectivity index (χ1n) is 18.1. The van der Waals surface area contributed by atoms with Crippen molar-refractivity contribution in [2.75, 3.05) is 4.90 Å². The van der Waals surface area contributed by atoms with Crippen LogP contribution in [0.2, 0.25) is 0 Å². The Kier molecular flexibility index (Phi) is 6.54. The van der Waals surface area contributed by atoms with Gasteiger partial charge in [-0.25, -0.2) is 0 Å². The van der Waals surface area contributed by atoms with Crippen molar-refractivity contribution in [3.05, 3.63) is 94.9 Å². The molecular formula is C42H49NO. The van der Waals surface area contributed by atoms with Crippen molar-refractivity contribution < 1.29 is 4.42 Å². The van der Waals surface area contributed by atoms with Crippen molar-refractivity contribution in [3.63, 3.8) is 0 Å². The van der Waals surface area contributed by atoms with Gasteiger partial charge in [0.15, 0.2) is 0 Å². The van der Waals surface area contributed by atoms with Crippen LogP contribution >= 0.6 is 0 Å².